The average molecular weight is 309 g/mol. The predicted octanol–water partition coefficient (Wildman–Crippen LogP) is 0.216. The number of hydrogen-bond acceptors (Lipinski definition) is 5. The molecule has 0 saturated heterocycles. The Morgan fingerprint density at radius 1 is 1.62 bits per heavy atom. The van der Waals surface area contributed by atoms with Crippen molar-refractivity contribution < 1.29 is 18.5 Å². The molecule has 3 rings (SSSR count). The molecule has 21 heavy (non-hydrogen) atoms. The minimum absolute atomic E-state index is 0.0521. The lowest BCUT2D eigenvalue weighted by molar-refractivity contribution is -0.895. The Morgan fingerprint density at radius 2 is 2.43 bits per heavy atom. The SMILES string of the molecule is C[NH+](CC(=O)NC1CC1)Cn1nc(-c2ccco2)oc1=S. The highest BCUT2D eigenvalue weighted by atomic mass is 32.1. The van der Waals surface area contributed by atoms with Crippen LogP contribution in [0.15, 0.2) is 27.2 Å². The summed E-state index contributed by atoms with van der Waals surface area (Å²) in [5.41, 5.74) is 0. The van der Waals surface area contributed by atoms with Crippen molar-refractivity contribution in [1.29, 1.82) is 0 Å². The summed E-state index contributed by atoms with van der Waals surface area (Å²) in [7, 11) is 1.91. The maximum Gasteiger partial charge on any atom is 0.292 e. The predicted molar refractivity (Wildman–Crippen MR) is 75.9 cm³/mol. The fraction of sp³-hybridized carbons (Fsp3) is 0.462. The Kier molecular flexibility index (Phi) is 3.89. The molecule has 2 N–H and O–H groups in total. The van der Waals surface area contributed by atoms with Crippen LogP contribution in [0.3, 0.4) is 0 Å². The van der Waals surface area contributed by atoms with Gasteiger partial charge in [0.25, 0.3) is 16.6 Å². The first-order chi connectivity index (χ1) is 10.1. The first-order valence-electron chi connectivity index (χ1n) is 6.84. The first kappa shape index (κ1) is 14.0. The zero-order valence-corrected chi connectivity index (χ0v) is 12.5. The van der Waals surface area contributed by atoms with Gasteiger partial charge in [0.05, 0.1) is 13.3 Å². The van der Waals surface area contributed by atoms with Crippen LogP contribution in [0.4, 0.5) is 0 Å². The van der Waals surface area contributed by atoms with Crippen molar-refractivity contribution in [1.82, 2.24) is 15.1 Å². The summed E-state index contributed by atoms with van der Waals surface area (Å²) in [6.07, 6.45) is 3.73. The summed E-state index contributed by atoms with van der Waals surface area (Å²) in [6.45, 7) is 0.836. The number of carbonyl (C=O) groups is 1. The number of nitrogens with one attached hydrogen (secondary N) is 2. The van der Waals surface area contributed by atoms with Gasteiger partial charge in [-0.15, -0.1) is 5.10 Å². The molecule has 0 aromatic carbocycles. The summed E-state index contributed by atoms with van der Waals surface area (Å²) in [5.74, 6) is 0.931. The van der Waals surface area contributed by atoms with Crippen molar-refractivity contribution in [3.05, 3.63) is 23.2 Å². The van der Waals surface area contributed by atoms with Crippen LogP contribution in [0, 0.1) is 4.84 Å². The zero-order chi connectivity index (χ0) is 14.8. The van der Waals surface area contributed by atoms with Crippen molar-refractivity contribution in [2.45, 2.75) is 25.6 Å². The van der Waals surface area contributed by atoms with Crippen molar-refractivity contribution in [3.8, 4) is 11.7 Å². The van der Waals surface area contributed by atoms with Crippen LogP contribution < -0.4 is 10.2 Å². The fourth-order valence-corrected chi connectivity index (χ4v) is 2.18. The van der Waals surface area contributed by atoms with Crippen LogP contribution in [0.2, 0.25) is 0 Å². The molecule has 1 atom stereocenters. The van der Waals surface area contributed by atoms with Crippen LogP contribution in [0.25, 0.3) is 11.7 Å². The molecule has 0 spiro atoms. The fourth-order valence-electron chi connectivity index (χ4n) is 2.00. The van der Waals surface area contributed by atoms with Crippen molar-refractivity contribution in [2.75, 3.05) is 13.6 Å². The molecule has 2 aromatic heterocycles. The maximum atomic E-state index is 11.7. The third-order valence-corrected chi connectivity index (χ3v) is 3.46. The van der Waals surface area contributed by atoms with E-state index in [9.17, 15) is 4.79 Å². The number of carbonyl (C=O) groups excluding carboxylic acids is 1. The molecule has 1 amide bonds. The lowest BCUT2D eigenvalue weighted by Gasteiger charge is -2.12. The standard InChI is InChI=1S/C13H16N4O3S/c1-16(7-11(18)14-9-4-5-9)8-17-13(21)20-12(15-17)10-3-2-6-19-10/h2-3,6,9H,4-5,7-8H2,1H3,(H,14,18)/p+1. The second-order valence-corrected chi connectivity index (χ2v) is 5.63. The molecule has 0 bridgehead atoms. The van der Waals surface area contributed by atoms with Gasteiger partial charge in [0.1, 0.15) is 0 Å². The summed E-state index contributed by atoms with van der Waals surface area (Å²) in [5, 5.41) is 7.23. The molecular weight excluding hydrogens is 292 g/mol. The molecule has 2 aromatic rings. The number of rotatable bonds is 6. The molecule has 7 nitrogen and oxygen atoms in total. The van der Waals surface area contributed by atoms with Crippen LogP contribution in [0.1, 0.15) is 12.8 Å². The van der Waals surface area contributed by atoms with Crippen molar-refractivity contribution in [2.24, 2.45) is 0 Å². The second kappa shape index (κ2) is 5.82. The molecule has 112 valence electrons. The molecule has 1 fully saturated rings. The Hall–Kier alpha value is -1.93. The van der Waals surface area contributed by atoms with E-state index in [0.29, 0.717) is 30.9 Å². The van der Waals surface area contributed by atoms with Gasteiger partial charge in [-0.2, -0.15) is 4.68 Å². The quantitative estimate of drug-likeness (QED) is 0.746. The highest BCUT2D eigenvalue weighted by Crippen LogP contribution is 2.18. The summed E-state index contributed by atoms with van der Waals surface area (Å²) >= 11 is 5.14. The van der Waals surface area contributed by atoms with E-state index in [1.807, 2.05) is 7.05 Å². The molecule has 0 radical (unpaired) electrons. The Labute approximate surface area is 126 Å². The molecule has 8 heteroatoms. The lowest BCUT2D eigenvalue weighted by Crippen LogP contribution is -3.09. The highest BCUT2D eigenvalue weighted by molar-refractivity contribution is 7.71. The monoisotopic (exact) mass is 309 g/mol. The van der Waals surface area contributed by atoms with Crippen molar-refractivity contribution >= 4 is 18.1 Å². The zero-order valence-electron chi connectivity index (χ0n) is 11.7. The number of amides is 1. The van der Waals surface area contributed by atoms with Gasteiger partial charge in [-0.1, -0.05) is 0 Å². The number of nitrogens with zero attached hydrogens (tertiary/aromatic N) is 2. The number of quaternary nitrogens is 1. The Morgan fingerprint density at radius 3 is 3.10 bits per heavy atom. The maximum absolute atomic E-state index is 11.7. The molecular formula is C13H17N4O3S+. The van der Waals surface area contributed by atoms with E-state index in [4.69, 9.17) is 21.1 Å². The summed E-state index contributed by atoms with van der Waals surface area (Å²) in [4.78, 5) is 13.0. The van der Waals surface area contributed by atoms with Crippen molar-refractivity contribution in [3.63, 3.8) is 0 Å². The van der Waals surface area contributed by atoms with E-state index in [2.05, 4.69) is 10.4 Å². The summed E-state index contributed by atoms with van der Waals surface area (Å²) in [6, 6.07) is 3.89. The lowest BCUT2D eigenvalue weighted by atomic mass is 10.5. The van der Waals surface area contributed by atoms with E-state index in [0.717, 1.165) is 17.7 Å². The molecule has 2 heterocycles. The van der Waals surface area contributed by atoms with E-state index >= 15 is 0 Å². The largest absolute Gasteiger partial charge is 0.459 e. The van der Waals surface area contributed by atoms with Gasteiger partial charge < -0.3 is 19.1 Å². The Bertz CT molecular complexity index is 672. The summed E-state index contributed by atoms with van der Waals surface area (Å²) < 4.78 is 12.2. The molecule has 0 aliphatic heterocycles. The topological polar surface area (TPSA) is 77.6 Å². The number of likely N-dealkylation sites (N-methyl/N-ethyl adjacent to an activating group) is 1. The number of furan rings is 1. The van der Waals surface area contributed by atoms with E-state index in [1.165, 1.54) is 0 Å². The molecule has 1 aliphatic carbocycles. The molecule has 1 aliphatic rings. The van der Waals surface area contributed by atoms with Crippen LogP contribution in [0.5, 0.6) is 0 Å². The first-order valence-corrected chi connectivity index (χ1v) is 7.25. The minimum atomic E-state index is 0.0521. The minimum Gasteiger partial charge on any atom is -0.459 e. The highest BCUT2D eigenvalue weighted by Gasteiger charge is 2.24. The average Bonchev–Trinajstić information content (AvgIpc) is 2.94. The third-order valence-electron chi connectivity index (χ3n) is 3.16. The normalized spacial score (nSPS) is 15.9. The van der Waals surface area contributed by atoms with Gasteiger partial charge in [0.15, 0.2) is 19.0 Å². The van der Waals surface area contributed by atoms with E-state index < -0.39 is 0 Å². The van der Waals surface area contributed by atoms with Crippen LogP contribution in [-0.2, 0) is 11.5 Å². The number of hydrogen-bond donors (Lipinski definition) is 2. The smallest absolute Gasteiger partial charge is 0.292 e. The van der Waals surface area contributed by atoms with E-state index in [1.54, 1.807) is 23.1 Å². The van der Waals surface area contributed by atoms with Gasteiger partial charge in [0.2, 0.25) is 0 Å². The van der Waals surface area contributed by atoms with Gasteiger partial charge >= 0.3 is 0 Å². The molecule has 1 unspecified atom stereocenters. The van der Waals surface area contributed by atoms with E-state index in [-0.39, 0.29) is 10.7 Å². The van der Waals surface area contributed by atoms with Gasteiger partial charge in [-0.25, -0.2) is 0 Å². The Balaban J connectivity index is 1.61. The van der Waals surface area contributed by atoms with Crippen LogP contribution in [-0.4, -0.2) is 35.3 Å². The third kappa shape index (κ3) is 3.59. The van der Waals surface area contributed by atoms with Gasteiger partial charge in [-0.05, 0) is 37.2 Å². The second-order valence-electron chi connectivity index (χ2n) is 5.28. The van der Waals surface area contributed by atoms with Crippen LogP contribution >= 0.6 is 12.2 Å². The van der Waals surface area contributed by atoms with Gasteiger partial charge in [-0.3, -0.25) is 4.79 Å². The number of aromatic nitrogens is 2. The van der Waals surface area contributed by atoms with Gasteiger partial charge in [0, 0.05) is 6.04 Å². The molecule has 1 saturated carbocycles.